The molecule has 0 aromatic heterocycles. The van der Waals surface area contributed by atoms with Crippen LogP contribution in [0.2, 0.25) is 0 Å². The van der Waals surface area contributed by atoms with Crippen molar-refractivity contribution in [3.8, 4) is 0 Å². The number of ether oxygens (including phenoxy) is 1. The number of fused-ring (bicyclic) bond motifs is 1. The monoisotopic (exact) mass is 201 g/mol. The summed E-state index contributed by atoms with van der Waals surface area (Å²) in [7, 11) is 0. The van der Waals surface area contributed by atoms with E-state index in [4.69, 9.17) is 4.74 Å². The molecule has 0 aliphatic carbocycles. The van der Waals surface area contributed by atoms with Crippen molar-refractivity contribution in [2.45, 2.75) is 50.9 Å². The zero-order valence-corrected chi connectivity index (χ0v) is 9.13. The van der Waals surface area contributed by atoms with E-state index in [1.807, 2.05) is 6.92 Å². The summed E-state index contributed by atoms with van der Waals surface area (Å²) < 4.78 is 19.1. The van der Waals surface area contributed by atoms with Gasteiger partial charge in [0.25, 0.3) is 0 Å². The van der Waals surface area contributed by atoms with E-state index < -0.39 is 6.17 Å². The second kappa shape index (κ2) is 3.78. The number of hydrogen-bond donors (Lipinski definition) is 0. The van der Waals surface area contributed by atoms with Crippen molar-refractivity contribution in [3.05, 3.63) is 0 Å². The molecular formula is C11H20FNO. The van der Waals surface area contributed by atoms with Gasteiger partial charge in [-0.1, -0.05) is 0 Å². The van der Waals surface area contributed by atoms with Crippen LogP contribution < -0.4 is 0 Å². The predicted molar refractivity (Wildman–Crippen MR) is 54.1 cm³/mol. The fourth-order valence-corrected chi connectivity index (χ4v) is 3.18. The normalized spacial score (nSPS) is 40.1. The molecule has 2 saturated heterocycles. The number of rotatable bonds is 3. The van der Waals surface area contributed by atoms with E-state index in [1.54, 1.807) is 0 Å². The standard InChI is InChI=1S/C11H20FNO/c1-3-14-9(2)11-5-4-6-13(11)8-10(12)7-11/h9-10H,3-8H2,1-2H3/t9?,10-,11+/m1/s1. The Balaban J connectivity index is 2.11. The molecular weight excluding hydrogens is 181 g/mol. The molecule has 2 aliphatic rings. The molecule has 3 atom stereocenters. The van der Waals surface area contributed by atoms with Crippen LogP contribution in [0, 0.1) is 0 Å². The number of alkyl halides is 1. The first-order valence-corrected chi connectivity index (χ1v) is 5.70. The van der Waals surface area contributed by atoms with Crippen LogP contribution in [0.15, 0.2) is 0 Å². The molecule has 0 amide bonds. The van der Waals surface area contributed by atoms with Gasteiger partial charge in [-0.05, 0) is 33.2 Å². The smallest absolute Gasteiger partial charge is 0.115 e. The van der Waals surface area contributed by atoms with Gasteiger partial charge in [-0.3, -0.25) is 4.90 Å². The number of hydrogen-bond acceptors (Lipinski definition) is 2. The summed E-state index contributed by atoms with van der Waals surface area (Å²) in [6, 6.07) is 0. The second-order valence-electron chi connectivity index (χ2n) is 4.55. The van der Waals surface area contributed by atoms with Gasteiger partial charge in [0.1, 0.15) is 6.17 Å². The molecule has 0 aromatic rings. The molecule has 2 fully saturated rings. The van der Waals surface area contributed by atoms with E-state index in [2.05, 4.69) is 11.8 Å². The molecule has 0 aromatic carbocycles. The summed E-state index contributed by atoms with van der Waals surface area (Å²) in [5, 5.41) is 0. The van der Waals surface area contributed by atoms with E-state index in [0.717, 1.165) is 19.6 Å². The van der Waals surface area contributed by atoms with Crippen molar-refractivity contribution in [2.24, 2.45) is 0 Å². The van der Waals surface area contributed by atoms with Gasteiger partial charge >= 0.3 is 0 Å². The molecule has 2 nitrogen and oxygen atoms in total. The highest BCUT2D eigenvalue weighted by Gasteiger charge is 2.52. The van der Waals surface area contributed by atoms with Crippen molar-refractivity contribution in [1.29, 1.82) is 0 Å². The van der Waals surface area contributed by atoms with E-state index in [-0.39, 0.29) is 11.6 Å². The predicted octanol–water partition coefficient (Wildman–Crippen LogP) is 1.99. The van der Waals surface area contributed by atoms with Crippen molar-refractivity contribution in [3.63, 3.8) is 0 Å². The summed E-state index contributed by atoms with van der Waals surface area (Å²) in [4.78, 5) is 2.30. The number of nitrogens with zero attached hydrogens (tertiary/aromatic N) is 1. The third-order valence-electron chi connectivity index (χ3n) is 3.83. The topological polar surface area (TPSA) is 12.5 Å². The summed E-state index contributed by atoms with van der Waals surface area (Å²) in [5.41, 5.74) is 0.0232. The summed E-state index contributed by atoms with van der Waals surface area (Å²) in [5.74, 6) is 0. The summed E-state index contributed by atoms with van der Waals surface area (Å²) in [6.45, 7) is 6.51. The molecule has 2 rings (SSSR count). The van der Waals surface area contributed by atoms with Crippen LogP contribution in [0.5, 0.6) is 0 Å². The first-order valence-electron chi connectivity index (χ1n) is 5.70. The third-order valence-corrected chi connectivity index (χ3v) is 3.83. The second-order valence-corrected chi connectivity index (χ2v) is 4.55. The van der Waals surface area contributed by atoms with Crippen molar-refractivity contribution >= 4 is 0 Å². The fourth-order valence-electron chi connectivity index (χ4n) is 3.18. The molecule has 1 unspecified atom stereocenters. The Bertz CT molecular complexity index is 211. The minimum Gasteiger partial charge on any atom is -0.377 e. The van der Waals surface area contributed by atoms with Gasteiger partial charge in [0.05, 0.1) is 6.10 Å². The lowest BCUT2D eigenvalue weighted by Crippen LogP contribution is -2.48. The quantitative estimate of drug-likeness (QED) is 0.692. The van der Waals surface area contributed by atoms with Crippen LogP contribution >= 0.6 is 0 Å². The molecule has 0 bridgehead atoms. The zero-order valence-electron chi connectivity index (χ0n) is 9.13. The van der Waals surface area contributed by atoms with Crippen LogP contribution in [0.4, 0.5) is 4.39 Å². The number of halogens is 1. The van der Waals surface area contributed by atoms with Crippen molar-refractivity contribution < 1.29 is 9.13 Å². The maximum atomic E-state index is 13.4. The Morgan fingerprint density at radius 3 is 3.14 bits per heavy atom. The van der Waals surface area contributed by atoms with Gasteiger partial charge in [0.2, 0.25) is 0 Å². The van der Waals surface area contributed by atoms with E-state index >= 15 is 0 Å². The Kier molecular flexibility index (Phi) is 2.80. The molecule has 0 N–H and O–H groups in total. The lowest BCUT2D eigenvalue weighted by molar-refractivity contribution is -0.0266. The van der Waals surface area contributed by atoms with Crippen LogP contribution in [-0.2, 0) is 4.74 Å². The van der Waals surface area contributed by atoms with Crippen LogP contribution in [-0.4, -0.2) is 42.4 Å². The minimum absolute atomic E-state index is 0.0232. The molecule has 0 radical (unpaired) electrons. The average Bonchev–Trinajstić information content (AvgIpc) is 2.61. The highest BCUT2D eigenvalue weighted by molar-refractivity contribution is 5.07. The summed E-state index contributed by atoms with van der Waals surface area (Å²) in [6.07, 6.45) is 2.52. The lowest BCUT2D eigenvalue weighted by atomic mass is 9.88. The van der Waals surface area contributed by atoms with Gasteiger partial charge < -0.3 is 4.74 Å². The maximum Gasteiger partial charge on any atom is 0.115 e. The average molecular weight is 201 g/mol. The molecule has 14 heavy (non-hydrogen) atoms. The first kappa shape index (κ1) is 10.4. The third kappa shape index (κ3) is 1.47. The van der Waals surface area contributed by atoms with Gasteiger partial charge in [-0.15, -0.1) is 0 Å². The van der Waals surface area contributed by atoms with Crippen molar-refractivity contribution in [2.75, 3.05) is 19.7 Å². The molecule has 0 saturated carbocycles. The van der Waals surface area contributed by atoms with Crippen LogP contribution in [0.25, 0.3) is 0 Å². The van der Waals surface area contributed by atoms with E-state index in [0.29, 0.717) is 13.0 Å². The molecule has 82 valence electrons. The van der Waals surface area contributed by atoms with E-state index in [1.165, 1.54) is 6.42 Å². The Labute approximate surface area is 85.4 Å². The van der Waals surface area contributed by atoms with Crippen LogP contribution in [0.1, 0.15) is 33.1 Å². The molecule has 0 spiro atoms. The van der Waals surface area contributed by atoms with Gasteiger partial charge in [-0.25, -0.2) is 4.39 Å². The SMILES string of the molecule is CCOC(C)[C@@]12CCCN1C[C@H](F)C2. The Morgan fingerprint density at radius 2 is 2.43 bits per heavy atom. The van der Waals surface area contributed by atoms with Gasteiger partial charge in [0.15, 0.2) is 0 Å². The molecule has 2 aliphatic heterocycles. The highest BCUT2D eigenvalue weighted by atomic mass is 19.1. The lowest BCUT2D eigenvalue weighted by Gasteiger charge is -2.37. The molecule has 2 heterocycles. The largest absolute Gasteiger partial charge is 0.377 e. The minimum atomic E-state index is -0.641. The van der Waals surface area contributed by atoms with Gasteiger partial charge in [0, 0.05) is 25.1 Å². The maximum absolute atomic E-state index is 13.4. The Morgan fingerprint density at radius 1 is 1.64 bits per heavy atom. The van der Waals surface area contributed by atoms with Crippen LogP contribution in [0.3, 0.4) is 0 Å². The van der Waals surface area contributed by atoms with E-state index in [9.17, 15) is 4.39 Å². The molecule has 3 heteroatoms. The Hall–Kier alpha value is -0.150. The van der Waals surface area contributed by atoms with Crippen molar-refractivity contribution in [1.82, 2.24) is 4.90 Å². The zero-order chi connectivity index (χ0) is 10.2. The first-order chi connectivity index (χ1) is 6.69. The summed E-state index contributed by atoms with van der Waals surface area (Å²) >= 11 is 0. The highest BCUT2D eigenvalue weighted by Crippen LogP contribution is 2.43. The fraction of sp³-hybridized carbons (Fsp3) is 1.00. The van der Waals surface area contributed by atoms with Gasteiger partial charge in [-0.2, -0.15) is 0 Å².